The Kier molecular flexibility index (Phi) is 4.82. The maximum Gasteiger partial charge on any atom is 0.313 e. The molecule has 1 fully saturated rings. The van der Waals surface area contributed by atoms with Crippen LogP contribution in [0.4, 0.5) is 0 Å². The van der Waals surface area contributed by atoms with Gasteiger partial charge in [0.15, 0.2) is 0 Å². The van der Waals surface area contributed by atoms with Crippen molar-refractivity contribution >= 4 is 22.9 Å². The molecule has 2 atom stereocenters. The Labute approximate surface area is 139 Å². The van der Waals surface area contributed by atoms with Crippen LogP contribution in [-0.4, -0.2) is 44.4 Å². The highest BCUT2D eigenvalue weighted by molar-refractivity contribution is 5.79. The highest BCUT2D eigenvalue weighted by Crippen LogP contribution is 2.38. The molecule has 24 heavy (non-hydrogen) atoms. The monoisotopic (exact) mass is 333 g/mol. The van der Waals surface area contributed by atoms with Gasteiger partial charge in [-0.25, -0.2) is 0 Å². The number of benzene rings is 1. The normalized spacial score (nSPS) is 21.1. The summed E-state index contributed by atoms with van der Waals surface area (Å²) in [6.07, 6.45) is 0.154. The van der Waals surface area contributed by atoms with Crippen LogP contribution in [-0.2, 0) is 23.9 Å². The molecule has 0 unspecified atom stereocenters. The molecule has 0 radical (unpaired) electrons. The summed E-state index contributed by atoms with van der Waals surface area (Å²) in [5.74, 6) is -0.633. The van der Waals surface area contributed by atoms with E-state index in [2.05, 4.69) is 4.74 Å². The third-order valence-electron chi connectivity index (χ3n) is 4.12. The second-order valence-corrected chi connectivity index (χ2v) is 5.52. The molecule has 1 aliphatic rings. The van der Waals surface area contributed by atoms with Gasteiger partial charge in [0.05, 0.1) is 27.2 Å². The van der Waals surface area contributed by atoms with Crippen LogP contribution >= 0.6 is 0 Å². The van der Waals surface area contributed by atoms with E-state index in [1.165, 1.54) is 14.2 Å². The molecule has 1 aliphatic heterocycles. The number of carbonyl (C=O) groups is 2. The van der Waals surface area contributed by atoms with Gasteiger partial charge in [0.1, 0.15) is 23.3 Å². The number of nitrogens with zero attached hydrogens (tertiary/aromatic N) is 1. The molecule has 1 aromatic carbocycles. The summed E-state index contributed by atoms with van der Waals surface area (Å²) in [5.41, 5.74) is 0.732. The maximum atomic E-state index is 12.1. The van der Waals surface area contributed by atoms with Crippen LogP contribution in [0.3, 0.4) is 0 Å². The maximum absolute atomic E-state index is 12.1. The molecule has 1 saturated heterocycles. The Hall–Kier alpha value is -2.38. The van der Waals surface area contributed by atoms with Gasteiger partial charge in [-0.3, -0.25) is 14.4 Å². The van der Waals surface area contributed by atoms with Crippen molar-refractivity contribution in [2.75, 3.05) is 27.4 Å². The van der Waals surface area contributed by atoms with E-state index in [4.69, 9.17) is 14.0 Å². The first-order valence-electron chi connectivity index (χ1n) is 7.66. The summed E-state index contributed by atoms with van der Waals surface area (Å²) in [6, 6.07) is 9.03. The number of methoxy groups -OCH3 is 2. The third kappa shape index (κ3) is 3.13. The van der Waals surface area contributed by atoms with Gasteiger partial charge < -0.3 is 13.9 Å². The first-order valence-corrected chi connectivity index (χ1v) is 7.66. The molecule has 7 heteroatoms. The van der Waals surface area contributed by atoms with E-state index < -0.39 is 12.0 Å². The van der Waals surface area contributed by atoms with Crippen LogP contribution in [0.15, 0.2) is 34.7 Å². The number of esters is 2. The number of rotatable bonds is 5. The molecule has 0 aliphatic carbocycles. The highest BCUT2D eigenvalue weighted by Gasteiger charge is 2.44. The summed E-state index contributed by atoms with van der Waals surface area (Å²) in [4.78, 5) is 29.1. The quantitative estimate of drug-likeness (QED) is 0.775. The number of hydrogen-bond donors (Lipinski definition) is 0. The lowest BCUT2D eigenvalue weighted by Gasteiger charge is -2.22. The third-order valence-corrected chi connectivity index (χ3v) is 4.12. The number of fused-ring (bicyclic) bond motifs is 1. The Morgan fingerprint density at radius 2 is 2.04 bits per heavy atom. The summed E-state index contributed by atoms with van der Waals surface area (Å²) in [5, 5.41) is 2.53. The number of furan rings is 1. The molecule has 0 spiro atoms. The van der Waals surface area contributed by atoms with Gasteiger partial charge in [-0.2, -0.15) is 5.06 Å². The number of para-hydroxylation sites is 1. The molecular formula is C17H19NO6. The number of hydroxylamine groups is 2. The van der Waals surface area contributed by atoms with E-state index in [1.54, 1.807) is 5.06 Å². The Balaban J connectivity index is 1.89. The minimum atomic E-state index is -0.520. The van der Waals surface area contributed by atoms with Crippen LogP contribution in [0.5, 0.6) is 0 Å². The lowest BCUT2D eigenvalue weighted by molar-refractivity contribution is -0.154. The van der Waals surface area contributed by atoms with Gasteiger partial charge in [-0.05, 0) is 12.1 Å². The zero-order valence-electron chi connectivity index (χ0n) is 13.6. The smallest absolute Gasteiger partial charge is 0.313 e. The number of carbonyl (C=O) groups excluding carboxylic acids is 2. The molecule has 128 valence electrons. The largest absolute Gasteiger partial charge is 0.469 e. The average Bonchev–Trinajstić information content (AvgIpc) is 3.22. The summed E-state index contributed by atoms with van der Waals surface area (Å²) in [6.45, 7) is 0.470. The van der Waals surface area contributed by atoms with Gasteiger partial charge in [0, 0.05) is 11.9 Å². The van der Waals surface area contributed by atoms with E-state index in [0.717, 1.165) is 11.0 Å². The van der Waals surface area contributed by atoms with E-state index >= 15 is 0 Å². The first-order chi connectivity index (χ1) is 11.6. The molecule has 2 heterocycles. The van der Waals surface area contributed by atoms with Crippen LogP contribution in [0.2, 0.25) is 0 Å². The minimum absolute atomic E-state index is 0.154. The number of hydrogen-bond acceptors (Lipinski definition) is 7. The van der Waals surface area contributed by atoms with Crippen molar-refractivity contribution in [3.8, 4) is 0 Å². The topological polar surface area (TPSA) is 78.2 Å². The highest BCUT2D eigenvalue weighted by atomic mass is 16.7. The van der Waals surface area contributed by atoms with Crippen molar-refractivity contribution in [1.29, 1.82) is 0 Å². The standard InChI is InChI=1S/C17H19NO6/c1-21-15(19)7-8-18-16(12(10-23-18)17(20)22-2)14-9-11-5-3-4-6-13(11)24-14/h3-6,9,12,16H,7-8,10H2,1-2H3/t12-,16+/m0/s1. The van der Waals surface area contributed by atoms with Gasteiger partial charge in [-0.15, -0.1) is 0 Å². The van der Waals surface area contributed by atoms with Crippen molar-refractivity contribution in [2.45, 2.75) is 12.5 Å². The molecule has 2 aromatic rings. The summed E-state index contributed by atoms with van der Waals surface area (Å²) >= 11 is 0. The van der Waals surface area contributed by atoms with Gasteiger partial charge >= 0.3 is 11.9 Å². The second kappa shape index (κ2) is 7.02. The van der Waals surface area contributed by atoms with Gasteiger partial charge in [-0.1, -0.05) is 18.2 Å². The molecule has 3 rings (SSSR count). The predicted octanol–water partition coefficient (Wildman–Crippen LogP) is 2.07. The average molecular weight is 333 g/mol. The van der Waals surface area contributed by atoms with Crippen molar-refractivity contribution < 1.29 is 28.3 Å². The fourth-order valence-corrected chi connectivity index (χ4v) is 2.89. The van der Waals surface area contributed by atoms with E-state index in [-0.39, 0.29) is 25.0 Å². The summed E-state index contributed by atoms with van der Waals surface area (Å²) < 4.78 is 15.4. The van der Waals surface area contributed by atoms with Crippen LogP contribution < -0.4 is 0 Å². The molecule has 0 amide bonds. The van der Waals surface area contributed by atoms with Crippen LogP contribution in [0.25, 0.3) is 11.0 Å². The Bertz CT molecular complexity index is 707. The molecule has 0 saturated carbocycles. The van der Waals surface area contributed by atoms with Crippen molar-refractivity contribution in [3.63, 3.8) is 0 Å². The SMILES string of the molecule is COC(=O)CCN1OC[C@H](C(=O)OC)[C@@H]1c1cc2ccccc2o1. The van der Waals surface area contributed by atoms with Gasteiger partial charge in [0.25, 0.3) is 0 Å². The molecule has 1 aromatic heterocycles. The molecule has 7 nitrogen and oxygen atoms in total. The van der Waals surface area contributed by atoms with E-state index in [9.17, 15) is 9.59 Å². The fraction of sp³-hybridized carbons (Fsp3) is 0.412. The molecular weight excluding hydrogens is 314 g/mol. The van der Waals surface area contributed by atoms with Crippen molar-refractivity contribution in [1.82, 2.24) is 5.06 Å². The molecule has 0 N–H and O–H groups in total. The zero-order valence-corrected chi connectivity index (χ0v) is 13.6. The summed E-state index contributed by atoms with van der Waals surface area (Å²) in [7, 11) is 2.68. The van der Waals surface area contributed by atoms with Crippen LogP contribution in [0.1, 0.15) is 18.2 Å². The second-order valence-electron chi connectivity index (χ2n) is 5.52. The Morgan fingerprint density at radius 1 is 1.25 bits per heavy atom. The molecule has 0 bridgehead atoms. The van der Waals surface area contributed by atoms with Crippen molar-refractivity contribution in [3.05, 3.63) is 36.1 Å². The predicted molar refractivity (Wildman–Crippen MR) is 83.8 cm³/mol. The number of ether oxygens (including phenoxy) is 2. The lowest BCUT2D eigenvalue weighted by Crippen LogP contribution is -2.30. The van der Waals surface area contributed by atoms with E-state index in [0.29, 0.717) is 12.3 Å². The Morgan fingerprint density at radius 3 is 2.75 bits per heavy atom. The first kappa shape index (κ1) is 16.5. The van der Waals surface area contributed by atoms with E-state index in [1.807, 2.05) is 30.3 Å². The van der Waals surface area contributed by atoms with Crippen molar-refractivity contribution in [2.24, 2.45) is 5.92 Å². The minimum Gasteiger partial charge on any atom is -0.469 e. The van der Waals surface area contributed by atoms with Gasteiger partial charge in [0.2, 0.25) is 0 Å². The fourth-order valence-electron chi connectivity index (χ4n) is 2.89. The zero-order chi connectivity index (χ0) is 17.1. The van der Waals surface area contributed by atoms with Crippen LogP contribution in [0, 0.1) is 5.92 Å². The lowest BCUT2D eigenvalue weighted by atomic mass is 9.99.